The Balaban J connectivity index is 3.58. The number of hydrogen-bond acceptors (Lipinski definition) is 3. The van der Waals surface area contributed by atoms with Gasteiger partial charge >= 0.3 is 12.2 Å². The fourth-order valence-corrected chi connectivity index (χ4v) is 3.25. The van der Waals surface area contributed by atoms with Gasteiger partial charge in [0.25, 0.3) is 0 Å². The summed E-state index contributed by atoms with van der Waals surface area (Å²) >= 11 is 0. The fraction of sp³-hybridized carbons (Fsp3) is 0.875. The summed E-state index contributed by atoms with van der Waals surface area (Å²) < 4.78 is 0. The van der Waals surface area contributed by atoms with Gasteiger partial charge in [0.15, 0.2) is 0 Å². The van der Waals surface area contributed by atoms with Gasteiger partial charge in [0.2, 0.25) is 0 Å². The molecule has 7 heteroatoms. The van der Waals surface area contributed by atoms with E-state index < -0.39 is 40.7 Å². The molecule has 2 atom stereocenters. The Morgan fingerprint density at radius 3 is 1.61 bits per heavy atom. The van der Waals surface area contributed by atoms with Crippen LogP contribution in [-0.4, -0.2) is 68.1 Å². The Morgan fingerprint density at radius 1 is 0.913 bits per heavy atom. The summed E-state index contributed by atoms with van der Waals surface area (Å²) in [5.41, 5.74) is -3.20. The van der Waals surface area contributed by atoms with Crippen molar-refractivity contribution in [2.45, 2.75) is 59.5 Å². The first kappa shape index (κ1) is 19.5. The number of aliphatic hydroxyl groups is 1. The zero-order valence-corrected chi connectivity index (χ0v) is 15.2. The molecule has 1 aliphatic heterocycles. The second-order valence-corrected chi connectivity index (χ2v) is 8.70. The Hall–Kier alpha value is -1.50. The van der Waals surface area contributed by atoms with Crippen LogP contribution in [0.25, 0.3) is 0 Å². The highest BCUT2D eigenvalue weighted by molar-refractivity contribution is 5.71. The van der Waals surface area contributed by atoms with Gasteiger partial charge < -0.3 is 15.3 Å². The summed E-state index contributed by atoms with van der Waals surface area (Å²) in [5.74, 6) is 0. The summed E-state index contributed by atoms with van der Waals surface area (Å²) in [6.45, 7) is 12.4. The molecular weight excluding hydrogens is 300 g/mol. The van der Waals surface area contributed by atoms with Gasteiger partial charge in [-0.05, 0) is 17.8 Å². The van der Waals surface area contributed by atoms with Gasteiger partial charge in [-0.2, -0.15) is 0 Å². The minimum absolute atomic E-state index is 0.00988. The zero-order valence-electron chi connectivity index (χ0n) is 15.2. The van der Waals surface area contributed by atoms with Crippen LogP contribution in [0.4, 0.5) is 9.59 Å². The van der Waals surface area contributed by atoms with E-state index in [9.17, 15) is 24.9 Å². The molecule has 1 aliphatic rings. The topological polar surface area (TPSA) is 101 Å². The lowest BCUT2D eigenvalue weighted by molar-refractivity contribution is -0.141. The number of rotatable bonds is 1. The first-order chi connectivity index (χ1) is 10.1. The van der Waals surface area contributed by atoms with Crippen molar-refractivity contribution < 1.29 is 24.9 Å². The van der Waals surface area contributed by atoms with Crippen LogP contribution in [0.1, 0.15) is 48.5 Å². The molecule has 3 N–H and O–H groups in total. The molecule has 7 nitrogen and oxygen atoms in total. The van der Waals surface area contributed by atoms with Crippen molar-refractivity contribution in [1.29, 1.82) is 0 Å². The predicted octanol–water partition coefficient (Wildman–Crippen LogP) is 2.54. The van der Waals surface area contributed by atoms with E-state index in [-0.39, 0.29) is 13.1 Å². The third-order valence-electron chi connectivity index (χ3n) is 5.73. The molecule has 0 aliphatic carbocycles. The van der Waals surface area contributed by atoms with Crippen LogP contribution < -0.4 is 0 Å². The zero-order chi connectivity index (χ0) is 18.4. The average Bonchev–Trinajstić information content (AvgIpc) is 2.35. The molecule has 0 spiro atoms. The van der Waals surface area contributed by atoms with Gasteiger partial charge in [-0.25, -0.2) is 9.59 Å². The molecule has 0 aromatic rings. The smallest absolute Gasteiger partial charge is 0.408 e. The molecule has 0 aromatic carbocycles. The maximum Gasteiger partial charge on any atom is 0.408 e. The highest BCUT2D eigenvalue weighted by Crippen LogP contribution is 2.47. The molecule has 1 rings (SSSR count). The molecular formula is C16H30N2O5. The van der Waals surface area contributed by atoms with Gasteiger partial charge in [-0.3, -0.25) is 9.80 Å². The number of carboxylic acid groups (broad SMARTS) is 2. The summed E-state index contributed by atoms with van der Waals surface area (Å²) in [7, 11) is 0. The van der Waals surface area contributed by atoms with Gasteiger partial charge in [0.05, 0.1) is 24.2 Å². The molecule has 0 aromatic heterocycles. The van der Waals surface area contributed by atoms with Crippen LogP contribution in [0.3, 0.4) is 0 Å². The second-order valence-electron chi connectivity index (χ2n) is 8.70. The van der Waals surface area contributed by atoms with E-state index in [1.807, 2.05) is 41.5 Å². The lowest BCUT2D eigenvalue weighted by Crippen LogP contribution is -2.79. The van der Waals surface area contributed by atoms with Crippen LogP contribution in [0.5, 0.6) is 0 Å². The highest BCUT2D eigenvalue weighted by Gasteiger charge is 2.61. The van der Waals surface area contributed by atoms with Crippen LogP contribution in [-0.2, 0) is 0 Å². The minimum atomic E-state index is -1.19. The Bertz CT molecular complexity index is 494. The molecule has 0 radical (unpaired) electrons. The normalized spacial score (nSPS) is 29.6. The number of nitrogens with zero attached hydrogens (tertiary/aromatic N) is 2. The largest absolute Gasteiger partial charge is 0.465 e. The average molecular weight is 330 g/mol. The van der Waals surface area contributed by atoms with Gasteiger partial charge in [0, 0.05) is 6.54 Å². The molecule has 134 valence electrons. The molecule has 0 bridgehead atoms. The van der Waals surface area contributed by atoms with Gasteiger partial charge in [-0.1, -0.05) is 41.5 Å². The summed E-state index contributed by atoms with van der Waals surface area (Å²) in [6.07, 6.45) is -2.25. The maximum absolute atomic E-state index is 11.9. The van der Waals surface area contributed by atoms with Crippen LogP contribution in [0.2, 0.25) is 0 Å². The molecule has 0 unspecified atom stereocenters. The van der Waals surface area contributed by atoms with Crippen LogP contribution in [0, 0.1) is 10.8 Å². The predicted molar refractivity (Wildman–Crippen MR) is 86.6 cm³/mol. The maximum atomic E-state index is 11.9. The third-order valence-corrected chi connectivity index (χ3v) is 5.73. The van der Waals surface area contributed by atoms with Crippen molar-refractivity contribution >= 4 is 12.2 Å². The molecule has 1 heterocycles. The summed E-state index contributed by atoms with van der Waals surface area (Å²) in [4.78, 5) is 26.4. The summed E-state index contributed by atoms with van der Waals surface area (Å²) in [6, 6.07) is 0. The molecule has 1 saturated heterocycles. The first-order valence-electron chi connectivity index (χ1n) is 7.76. The van der Waals surface area contributed by atoms with Gasteiger partial charge in [0.1, 0.15) is 0 Å². The fourth-order valence-electron chi connectivity index (χ4n) is 3.25. The molecule has 2 amide bonds. The number of carbonyl (C=O) groups is 2. The minimum Gasteiger partial charge on any atom is -0.465 e. The van der Waals surface area contributed by atoms with Crippen molar-refractivity contribution in [3.63, 3.8) is 0 Å². The number of hydrogen-bond donors (Lipinski definition) is 3. The molecule has 0 saturated carbocycles. The van der Waals surface area contributed by atoms with Crippen LogP contribution in [0.15, 0.2) is 0 Å². The Morgan fingerprint density at radius 2 is 1.35 bits per heavy atom. The van der Waals surface area contributed by atoms with E-state index in [2.05, 4.69) is 0 Å². The first-order valence-corrected chi connectivity index (χ1v) is 7.76. The lowest BCUT2D eigenvalue weighted by atomic mass is 9.65. The monoisotopic (exact) mass is 330 g/mol. The Labute approximate surface area is 137 Å². The van der Waals surface area contributed by atoms with E-state index in [0.29, 0.717) is 0 Å². The van der Waals surface area contributed by atoms with Crippen molar-refractivity contribution in [3.05, 3.63) is 0 Å². The highest BCUT2D eigenvalue weighted by atomic mass is 16.4. The molecule has 1 fully saturated rings. The second kappa shape index (κ2) is 5.54. The van der Waals surface area contributed by atoms with Crippen molar-refractivity contribution in [3.8, 4) is 0 Å². The number of piperazine rings is 1. The summed E-state index contributed by atoms with van der Waals surface area (Å²) in [5, 5.41) is 29.5. The van der Waals surface area contributed by atoms with E-state index in [4.69, 9.17) is 0 Å². The van der Waals surface area contributed by atoms with Crippen molar-refractivity contribution in [1.82, 2.24) is 9.80 Å². The van der Waals surface area contributed by atoms with Crippen molar-refractivity contribution in [2.24, 2.45) is 10.8 Å². The van der Waals surface area contributed by atoms with E-state index >= 15 is 0 Å². The standard InChI is InChI=1S/C16H30N2O5/c1-13(2,3)15(7)8-18(12(22)23)16(10-19,14(4,5)6)9-17(15)11(20)21/h19H,8-10H2,1-7H3,(H,20,21)(H,22,23)/t15-,16+/m1/s1. The van der Waals surface area contributed by atoms with Crippen LogP contribution >= 0.6 is 0 Å². The third kappa shape index (κ3) is 2.86. The number of aliphatic hydroxyl groups excluding tert-OH is 1. The van der Waals surface area contributed by atoms with Gasteiger partial charge in [-0.15, -0.1) is 0 Å². The Kier molecular flexibility index (Phi) is 4.71. The molecule has 23 heavy (non-hydrogen) atoms. The lowest BCUT2D eigenvalue weighted by Gasteiger charge is -2.63. The van der Waals surface area contributed by atoms with Crippen molar-refractivity contribution in [2.75, 3.05) is 19.7 Å². The van der Waals surface area contributed by atoms with E-state index in [0.717, 1.165) is 0 Å². The van der Waals surface area contributed by atoms with E-state index in [1.54, 1.807) is 6.92 Å². The quantitative estimate of drug-likeness (QED) is 0.686. The van der Waals surface area contributed by atoms with E-state index in [1.165, 1.54) is 9.80 Å². The SMILES string of the molecule is CC(C)(C)[C@@]1(CO)CN(C(=O)O)[C@@](C)(C(C)(C)C)CN1C(=O)O. The number of amides is 2.